The molecule has 0 rings (SSSR count). The summed E-state index contributed by atoms with van der Waals surface area (Å²) in [6.45, 7) is 17.7. The van der Waals surface area contributed by atoms with Crippen LogP contribution >= 0.6 is 0 Å². The number of carbonyl (C=O) groups excluding carboxylic acids is 2. The van der Waals surface area contributed by atoms with Crippen LogP contribution in [0.1, 0.15) is 291 Å². The molecule has 0 radical (unpaired) electrons. The van der Waals surface area contributed by atoms with Crippen molar-refractivity contribution in [2.45, 2.75) is 310 Å². The van der Waals surface area contributed by atoms with E-state index in [9.17, 15) is 14.7 Å². The van der Waals surface area contributed by atoms with Crippen LogP contribution in [0.25, 0.3) is 0 Å². The van der Waals surface area contributed by atoms with Gasteiger partial charge in [0, 0.05) is 40.4 Å². The number of methoxy groups -OCH3 is 2. The van der Waals surface area contributed by atoms with Crippen molar-refractivity contribution in [3.05, 3.63) is 0 Å². The van der Waals surface area contributed by atoms with Crippen LogP contribution in [0, 0.1) is 5.92 Å². The predicted octanol–water partition coefficient (Wildman–Crippen LogP) is 16.3. The molecule has 0 aliphatic carbocycles. The van der Waals surface area contributed by atoms with Gasteiger partial charge < -0.3 is 29.0 Å². The van der Waals surface area contributed by atoms with Crippen LogP contribution < -0.4 is 0 Å². The van der Waals surface area contributed by atoms with Crippen LogP contribution in [-0.2, 0) is 28.5 Å². The lowest BCUT2D eigenvalue weighted by molar-refractivity contribution is -0.148. The number of aliphatic hydroxyl groups excluding tert-OH is 1. The summed E-state index contributed by atoms with van der Waals surface area (Å²) >= 11 is 0. The number of unbranched alkanes of at least 4 members (excludes halogenated alkanes) is 30. The van der Waals surface area contributed by atoms with Crippen molar-refractivity contribution in [1.29, 1.82) is 0 Å². The molecule has 1 N–H and O–H groups in total. The first-order chi connectivity index (χ1) is 36.1. The molecule has 10 nitrogen and oxygen atoms in total. The lowest BCUT2D eigenvalue weighted by atomic mass is 10.00. The van der Waals surface area contributed by atoms with Crippen molar-refractivity contribution in [2.75, 3.05) is 86.8 Å². The Morgan fingerprint density at radius 1 is 0.392 bits per heavy atom. The summed E-state index contributed by atoms with van der Waals surface area (Å²) in [5, 5.41) is 11.1. The van der Waals surface area contributed by atoms with Crippen LogP contribution in [0.4, 0.5) is 0 Å². The summed E-state index contributed by atoms with van der Waals surface area (Å²) in [5.74, 6) is 0.0205. The highest BCUT2D eigenvalue weighted by molar-refractivity contribution is 5.74. The summed E-state index contributed by atoms with van der Waals surface area (Å²) < 4.78 is 23.3. The van der Waals surface area contributed by atoms with E-state index in [0.717, 1.165) is 84.1 Å². The van der Waals surface area contributed by atoms with Crippen LogP contribution in [0.2, 0.25) is 0 Å². The highest BCUT2D eigenvalue weighted by Crippen LogP contribution is 2.19. The van der Waals surface area contributed by atoms with Crippen molar-refractivity contribution >= 4 is 11.9 Å². The van der Waals surface area contributed by atoms with Gasteiger partial charge in [-0.3, -0.25) is 19.4 Å². The summed E-state index contributed by atoms with van der Waals surface area (Å²) in [5.41, 5.74) is 0. The van der Waals surface area contributed by atoms with Crippen LogP contribution in [0.5, 0.6) is 0 Å². The smallest absolute Gasteiger partial charge is 0.320 e. The Labute approximate surface area is 461 Å². The Morgan fingerprint density at radius 3 is 1.05 bits per heavy atom. The Balaban J connectivity index is 4.85. The van der Waals surface area contributed by atoms with Gasteiger partial charge in [-0.05, 0) is 77.4 Å². The first-order valence-electron chi connectivity index (χ1n) is 32.3. The second-order valence-electron chi connectivity index (χ2n) is 23.1. The molecule has 0 amide bonds. The number of nitrogens with zero attached hydrogens (tertiary/aromatic N) is 3. The van der Waals surface area contributed by atoms with Gasteiger partial charge in [0.15, 0.2) is 0 Å². The fourth-order valence-electron chi connectivity index (χ4n) is 10.6. The van der Waals surface area contributed by atoms with Gasteiger partial charge in [-0.15, -0.1) is 0 Å². The molecule has 442 valence electrons. The topological polar surface area (TPSA) is 101 Å². The Hall–Kier alpha value is -1.30. The van der Waals surface area contributed by atoms with Crippen molar-refractivity contribution in [2.24, 2.45) is 5.92 Å². The minimum atomic E-state index is -0.345. The molecule has 0 fully saturated rings. The van der Waals surface area contributed by atoms with Crippen molar-refractivity contribution < 1.29 is 33.6 Å². The van der Waals surface area contributed by atoms with E-state index in [2.05, 4.69) is 44.4 Å². The van der Waals surface area contributed by atoms with E-state index in [1.807, 2.05) is 14.2 Å². The molecule has 0 saturated heterocycles. The third-order valence-electron chi connectivity index (χ3n) is 15.4. The maximum absolute atomic E-state index is 12.8. The number of rotatable bonds is 60. The zero-order chi connectivity index (χ0) is 54.4. The summed E-state index contributed by atoms with van der Waals surface area (Å²) in [7, 11) is 5.48. The molecule has 4 unspecified atom stereocenters. The van der Waals surface area contributed by atoms with Crippen molar-refractivity contribution in [1.82, 2.24) is 14.7 Å². The third kappa shape index (κ3) is 50.2. The van der Waals surface area contributed by atoms with Crippen LogP contribution in [0.3, 0.4) is 0 Å². The number of aliphatic hydroxyl groups is 1. The Bertz CT molecular complexity index is 1080. The third-order valence-corrected chi connectivity index (χ3v) is 15.4. The predicted molar refractivity (Wildman–Crippen MR) is 316 cm³/mol. The second kappa shape index (κ2) is 56.4. The normalized spacial score (nSPS) is 13.6. The molecule has 0 aromatic rings. The average molecular weight is 1050 g/mol. The largest absolute Gasteiger partial charge is 0.465 e. The fraction of sp³-hybridized carbons (Fsp3) is 0.969. The van der Waals surface area contributed by atoms with E-state index in [-0.39, 0.29) is 43.3 Å². The van der Waals surface area contributed by atoms with Crippen molar-refractivity contribution in [3.8, 4) is 0 Å². The standard InChI is InChI=1S/C64H129N3O7/c1-9-13-17-21-25-29-33-37-45-59(5)53-66(55-61(71-7)47-39-35-31-27-23-19-15-11-3)49-41-43-51-73-63(69)57-65(6)58-64(70)74-52-44-42-50-67(54-60(68)46-38-34-30-26-22-18-14-10-2)56-62(72-8)48-40-36-32-28-24-20-16-12-4/h59-62,68H,9-58H2,1-8H3. The molecule has 0 aliphatic heterocycles. The first kappa shape index (κ1) is 72.7. The fourth-order valence-corrected chi connectivity index (χ4v) is 10.6. The number of carbonyl (C=O) groups is 2. The second-order valence-corrected chi connectivity index (χ2v) is 23.1. The molecular weight excluding hydrogens is 923 g/mol. The van der Waals surface area contributed by atoms with E-state index in [0.29, 0.717) is 25.7 Å². The van der Waals surface area contributed by atoms with Gasteiger partial charge in [-0.2, -0.15) is 0 Å². The molecule has 4 atom stereocenters. The number of hydrogen-bond acceptors (Lipinski definition) is 10. The molecule has 0 bridgehead atoms. The molecule has 0 aliphatic rings. The zero-order valence-corrected chi connectivity index (χ0v) is 50.9. The molecule has 0 saturated carbocycles. The van der Waals surface area contributed by atoms with Gasteiger partial charge in [-0.25, -0.2) is 0 Å². The quantitative estimate of drug-likeness (QED) is 0.0468. The maximum Gasteiger partial charge on any atom is 0.320 e. The molecule has 74 heavy (non-hydrogen) atoms. The van der Waals surface area contributed by atoms with E-state index < -0.39 is 0 Å². The number of likely N-dealkylation sites (N-methyl/N-ethyl adjacent to an activating group) is 1. The average Bonchev–Trinajstić information content (AvgIpc) is 3.38. The minimum Gasteiger partial charge on any atom is -0.465 e. The Kier molecular flexibility index (Phi) is 55.4. The molecule has 10 heteroatoms. The lowest BCUT2D eigenvalue weighted by Crippen LogP contribution is -2.39. The lowest BCUT2D eigenvalue weighted by Gasteiger charge is -2.29. The van der Waals surface area contributed by atoms with Gasteiger partial charge >= 0.3 is 11.9 Å². The molecule has 0 heterocycles. The van der Waals surface area contributed by atoms with E-state index in [1.54, 1.807) is 11.9 Å². The number of esters is 2. The number of hydrogen-bond donors (Lipinski definition) is 1. The van der Waals surface area contributed by atoms with Gasteiger partial charge in [0.1, 0.15) is 0 Å². The SMILES string of the molecule is CCCCCCCCCCC(C)CN(CCCCOC(=O)CN(C)CC(=O)OCCCCN(CC(O)CCCCCCCCCC)CC(CCCCCCCCCC)OC)CC(CCCCCCCCCC)OC. The van der Waals surface area contributed by atoms with Gasteiger partial charge in [0.05, 0.1) is 44.6 Å². The molecule has 0 spiro atoms. The minimum absolute atomic E-state index is 0.0478. The highest BCUT2D eigenvalue weighted by Gasteiger charge is 2.19. The van der Waals surface area contributed by atoms with Gasteiger partial charge in [-0.1, -0.05) is 240 Å². The summed E-state index contributed by atoms with van der Waals surface area (Å²) in [6.07, 6.45) is 49.8. The van der Waals surface area contributed by atoms with Crippen molar-refractivity contribution in [3.63, 3.8) is 0 Å². The van der Waals surface area contributed by atoms with E-state index >= 15 is 0 Å². The van der Waals surface area contributed by atoms with E-state index in [4.69, 9.17) is 18.9 Å². The maximum atomic E-state index is 12.8. The monoisotopic (exact) mass is 1050 g/mol. The van der Waals surface area contributed by atoms with Crippen LogP contribution in [-0.4, -0.2) is 137 Å². The van der Waals surface area contributed by atoms with Crippen LogP contribution in [0.15, 0.2) is 0 Å². The first-order valence-corrected chi connectivity index (χ1v) is 32.3. The van der Waals surface area contributed by atoms with Gasteiger partial charge in [0.25, 0.3) is 0 Å². The highest BCUT2D eigenvalue weighted by atomic mass is 16.5. The molecular formula is C64H129N3O7. The summed E-state index contributed by atoms with van der Waals surface area (Å²) in [4.78, 5) is 32.3. The van der Waals surface area contributed by atoms with E-state index in [1.165, 1.54) is 205 Å². The number of ether oxygens (including phenoxy) is 4. The molecule has 0 aromatic heterocycles. The summed E-state index contributed by atoms with van der Waals surface area (Å²) in [6, 6.07) is 0. The Morgan fingerprint density at radius 2 is 0.703 bits per heavy atom. The van der Waals surface area contributed by atoms with Gasteiger partial charge in [0.2, 0.25) is 0 Å². The molecule has 0 aromatic carbocycles. The zero-order valence-electron chi connectivity index (χ0n) is 50.9.